The summed E-state index contributed by atoms with van der Waals surface area (Å²) in [5.74, 6) is 0.116. The number of ether oxygens (including phenoxy) is 1. The molecule has 3 nitrogen and oxygen atoms in total. The topological polar surface area (TPSA) is 29.5 Å². The van der Waals surface area contributed by atoms with Gasteiger partial charge in [0.1, 0.15) is 0 Å². The van der Waals surface area contributed by atoms with Gasteiger partial charge in [0, 0.05) is 0 Å². The maximum absolute atomic E-state index is 12.0. The van der Waals surface area contributed by atoms with Crippen LogP contribution in [0.1, 0.15) is 20.3 Å². The van der Waals surface area contributed by atoms with Crippen LogP contribution in [0, 0.1) is 0 Å². The van der Waals surface area contributed by atoms with Crippen LogP contribution in [0.5, 0.6) is 0 Å². The van der Waals surface area contributed by atoms with Gasteiger partial charge in [0.05, 0.1) is 0 Å². The van der Waals surface area contributed by atoms with Crippen molar-refractivity contribution >= 4 is 32.5 Å². The average molecular weight is 293 g/mol. The van der Waals surface area contributed by atoms with Gasteiger partial charge in [-0.1, -0.05) is 0 Å². The molecule has 0 aliphatic heterocycles. The number of nitrogens with zero attached hydrogens (tertiary/aromatic N) is 1. The molecule has 0 heterocycles. The van der Waals surface area contributed by atoms with Gasteiger partial charge in [-0.25, -0.2) is 0 Å². The molecule has 0 aliphatic carbocycles. The van der Waals surface area contributed by atoms with E-state index in [0.717, 1.165) is 5.69 Å². The molecule has 0 bridgehead atoms. The van der Waals surface area contributed by atoms with Crippen LogP contribution >= 0.6 is 0 Å². The predicted molar refractivity (Wildman–Crippen MR) is 71.0 cm³/mol. The quantitative estimate of drug-likeness (QED) is 0.584. The molecule has 0 aromatic heterocycles. The van der Waals surface area contributed by atoms with E-state index in [1.54, 1.807) is 4.90 Å². The van der Waals surface area contributed by atoms with Gasteiger partial charge in [0.25, 0.3) is 0 Å². The second kappa shape index (κ2) is 7.51. The number of amides is 1. The fraction of sp³-hybridized carbons (Fsp3) is 0.462. The molecule has 0 saturated carbocycles. The summed E-state index contributed by atoms with van der Waals surface area (Å²) in [4.78, 5) is 13.8. The van der Waals surface area contributed by atoms with Crippen molar-refractivity contribution in [2.45, 2.75) is 20.3 Å². The molecule has 1 aromatic carbocycles. The summed E-state index contributed by atoms with van der Waals surface area (Å²) in [6, 6.07) is 8.01. The fourth-order valence-electron chi connectivity index (χ4n) is 1.58. The van der Waals surface area contributed by atoms with Gasteiger partial charge in [-0.05, 0) is 0 Å². The summed E-state index contributed by atoms with van der Waals surface area (Å²) in [6.45, 7) is 5.76. The number of rotatable bonds is 6. The normalized spacial score (nSPS) is 10.3. The third-order valence-electron chi connectivity index (χ3n) is 2.46. The second-order valence-electron chi connectivity index (χ2n) is 3.63. The van der Waals surface area contributed by atoms with Crippen LogP contribution in [0.2, 0.25) is 0 Å². The molecule has 1 rings (SSSR count). The van der Waals surface area contributed by atoms with E-state index in [1.165, 1.54) is 4.40 Å². The van der Waals surface area contributed by atoms with Gasteiger partial charge in [-0.3, -0.25) is 0 Å². The van der Waals surface area contributed by atoms with E-state index < -0.39 is 0 Å². The molecule has 1 aromatic rings. The zero-order valence-electron chi connectivity index (χ0n) is 10.4. The monoisotopic (exact) mass is 294 g/mol. The first kappa shape index (κ1) is 14.3. The molecule has 0 atom stereocenters. The molecule has 3 radical (unpaired) electrons. The van der Waals surface area contributed by atoms with Gasteiger partial charge >= 0.3 is 111 Å². The molecule has 0 spiro atoms. The van der Waals surface area contributed by atoms with E-state index >= 15 is 0 Å². The summed E-state index contributed by atoms with van der Waals surface area (Å²) in [6.07, 6.45) is 0.440. The van der Waals surface area contributed by atoms with Crippen molar-refractivity contribution in [2.24, 2.45) is 0 Å². The minimum atomic E-state index is 0.116. The summed E-state index contributed by atoms with van der Waals surface area (Å²) < 4.78 is 6.41. The number of carbonyl (C=O) groups is 1. The number of carbonyl (C=O) groups excluding carboxylic acids is 1. The first-order chi connectivity index (χ1) is 8.19. The Morgan fingerprint density at radius 1 is 1.29 bits per heavy atom. The Labute approximate surface area is 111 Å². The number of anilines is 1. The van der Waals surface area contributed by atoms with Gasteiger partial charge < -0.3 is 0 Å². The van der Waals surface area contributed by atoms with Crippen molar-refractivity contribution in [1.29, 1.82) is 0 Å². The Balaban J connectivity index is 2.64. The average Bonchev–Trinajstić information content (AvgIpc) is 2.33. The number of hydrogen-bond acceptors (Lipinski definition) is 2. The second-order valence-corrected chi connectivity index (χ2v) is 4.84. The minimum absolute atomic E-state index is 0.116. The summed E-state index contributed by atoms with van der Waals surface area (Å²) in [5, 5.41) is 0. The molecular formula is C13H18GeNO2. The Morgan fingerprint density at radius 3 is 2.47 bits per heavy atom. The molecule has 0 aliphatic rings. The Bertz CT molecular complexity index is 351. The van der Waals surface area contributed by atoms with E-state index in [9.17, 15) is 4.79 Å². The Hall–Kier alpha value is -0.807. The van der Waals surface area contributed by atoms with E-state index in [4.69, 9.17) is 4.74 Å². The van der Waals surface area contributed by atoms with Crippen molar-refractivity contribution in [1.82, 2.24) is 0 Å². The molecule has 0 unspecified atom stereocenters. The van der Waals surface area contributed by atoms with Crippen LogP contribution in [0.25, 0.3) is 0 Å². The van der Waals surface area contributed by atoms with Crippen molar-refractivity contribution < 1.29 is 9.53 Å². The van der Waals surface area contributed by atoms with Crippen molar-refractivity contribution in [3.05, 3.63) is 24.3 Å². The molecule has 1 amide bonds. The van der Waals surface area contributed by atoms with E-state index in [2.05, 4.69) is 0 Å². The van der Waals surface area contributed by atoms with Gasteiger partial charge in [-0.15, -0.1) is 0 Å². The zero-order valence-corrected chi connectivity index (χ0v) is 12.5. The summed E-state index contributed by atoms with van der Waals surface area (Å²) in [7, 11) is 0. The first-order valence-corrected chi connectivity index (χ1v) is 6.93. The Morgan fingerprint density at radius 2 is 1.94 bits per heavy atom. The summed E-state index contributed by atoms with van der Waals surface area (Å²) >= 11 is 2.04. The van der Waals surface area contributed by atoms with Crippen molar-refractivity contribution in [2.75, 3.05) is 24.7 Å². The van der Waals surface area contributed by atoms with Crippen LogP contribution in [0.4, 0.5) is 5.69 Å². The van der Waals surface area contributed by atoms with E-state index in [1.807, 2.05) is 54.6 Å². The number of benzene rings is 1. The van der Waals surface area contributed by atoms with Crippen molar-refractivity contribution in [3.8, 4) is 0 Å². The van der Waals surface area contributed by atoms with E-state index in [-0.39, 0.29) is 5.91 Å². The molecule has 0 fully saturated rings. The fourth-order valence-corrected chi connectivity index (χ4v) is 1.93. The van der Waals surface area contributed by atoms with Crippen molar-refractivity contribution in [3.63, 3.8) is 0 Å². The van der Waals surface area contributed by atoms with Gasteiger partial charge in [0.15, 0.2) is 0 Å². The SMILES string of the molecule is CCOCCC(=O)N(CC)c1cc[c]([Ge])cc1. The molecule has 4 heteroatoms. The molecule has 91 valence electrons. The molecule has 0 N–H and O–H groups in total. The predicted octanol–water partition coefficient (Wildman–Crippen LogP) is 1.26. The third-order valence-corrected chi connectivity index (χ3v) is 3.16. The zero-order chi connectivity index (χ0) is 12.7. The van der Waals surface area contributed by atoms with E-state index in [0.29, 0.717) is 26.2 Å². The van der Waals surface area contributed by atoms with Crippen LogP contribution in [-0.4, -0.2) is 42.2 Å². The van der Waals surface area contributed by atoms with Gasteiger partial charge in [-0.2, -0.15) is 0 Å². The summed E-state index contributed by atoms with van der Waals surface area (Å²) in [5.41, 5.74) is 0.958. The van der Waals surface area contributed by atoms with Crippen LogP contribution in [0.15, 0.2) is 24.3 Å². The number of hydrogen-bond donors (Lipinski definition) is 0. The molecular weight excluding hydrogens is 275 g/mol. The van der Waals surface area contributed by atoms with Crippen LogP contribution in [0.3, 0.4) is 0 Å². The third kappa shape index (κ3) is 4.52. The first-order valence-electron chi connectivity index (χ1n) is 5.88. The van der Waals surface area contributed by atoms with Crippen LogP contribution in [-0.2, 0) is 9.53 Å². The Kier molecular flexibility index (Phi) is 6.29. The van der Waals surface area contributed by atoms with Gasteiger partial charge in [0.2, 0.25) is 0 Å². The maximum atomic E-state index is 12.0. The molecule has 0 saturated heterocycles. The standard InChI is InChI=1S/C13H18GeNO2/c1-3-15(13(16)9-10-17-4-2)12-7-5-11(14)6-8-12/h5-8H,3-4,9-10H2,1-2H3. The molecule has 17 heavy (non-hydrogen) atoms. The van der Waals surface area contributed by atoms with Crippen LogP contribution < -0.4 is 9.30 Å².